The molecule has 268 valence electrons. The number of phenols is 1. The zero-order chi connectivity index (χ0) is 37.6. The summed E-state index contributed by atoms with van der Waals surface area (Å²) >= 11 is 0. The number of nitrogens with one attached hydrogen (secondary N) is 2. The van der Waals surface area contributed by atoms with Crippen LogP contribution in [0.5, 0.6) is 5.75 Å². The molecular formula is C44H52N2O4S. The molecule has 0 aliphatic carbocycles. The molecule has 0 aliphatic heterocycles. The van der Waals surface area contributed by atoms with Crippen molar-refractivity contribution in [3.8, 4) is 5.75 Å². The molecule has 0 heterocycles. The van der Waals surface area contributed by atoms with Gasteiger partial charge in [0.1, 0.15) is 10.6 Å². The number of hydrogen-bond acceptors (Lipinski definition) is 5. The van der Waals surface area contributed by atoms with Crippen LogP contribution in [-0.2, 0) is 20.9 Å². The van der Waals surface area contributed by atoms with Crippen LogP contribution >= 0.6 is 0 Å². The summed E-state index contributed by atoms with van der Waals surface area (Å²) in [7, 11) is -4.65. The van der Waals surface area contributed by atoms with Gasteiger partial charge in [0.05, 0.1) is 0 Å². The van der Waals surface area contributed by atoms with Gasteiger partial charge in [-0.3, -0.25) is 4.55 Å². The summed E-state index contributed by atoms with van der Waals surface area (Å²) in [5.41, 5.74) is 12.3. The average molecular weight is 705 g/mol. The molecule has 1 unspecified atom stereocenters. The van der Waals surface area contributed by atoms with E-state index in [1.165, 1.54) is 28.3 Å². The van der Waals surface area contributed by atoms with Crippen molar-refractivity contribution < 1.29 is 18.1 Å². The van der Waals surface area contributed by atoms with Crippen molar-refractivity contribution in [2.45, 2.75) is 97.8 Å². The maximum Gasteiger partial charge on any atom is 0.294 e. The smallest absolute Gasteiger partial charge is 0.294 e. The Kier molecular flexibility index (Phi) is 10.2. The Morgan fingerprint density at radius 1 is 0.588 bits per heavy atom. The van der Waals surface area contributed by atoms with Crippen LogP contribution in [0.3, 0.4) is 0 Å². The Morgan fingerprint density at radius 2 is 1.10 bits per heavy atom. The molecule has 7 heteroatoms. The Morgan fingerprint density at radius 3 is 1.61 bits per heavy atom. The molecule has 0 saturated carbocycles. The molecule has 0 fully saturated rings. The van der Waals surface area contributed by atoms with Gasteiger partial charge in [-0.1, -0.05) is 95.6 Å². The molecule has 6 nitrogen and oxygen atoms in total. The van der Waals surface area contributed by atoms with Gasteiger partial charge in [0.2, 0.25) is 0 Å². The number of aromatic hydroxyl groups is 1. The molecule has 0 saturated heterocycles. The molecule has 5 rings (SSSR count). The van der Waals surface area contributed by atoms with Crippen molar-refractivity contribution in [3.63, 3.8) is 0 Å². The fourth-order valence-corrected chi connectivity index (χ4v) is 7.54. The number of rotatable bonds is 8. The first-order chi connectivity index (χ1) is 23.6. The summed E-state index contributed by atoms with van der Waals surface area (Å²) in [4.78, 5) is -0.174. The molecule has 0 amide bonds. The first-order valence-corrected chi connectivity index (χ1v) is 18.9. The molecular weight excluding hydrogens is 653 g/mol. The van der Waals surface area contributed by atoms with Crippen LogP contribution in [0.25, 0.3) is 0 Å². The van der Waals surface area contributed by atoms with Gasteiger partial charge in [-0.2, -0.15) is 8.42 Å². The number of phenolic OH excluding ortho intramolecular Hbond substituents is 1. The van der Waals surface area contributed by atoms with E-state index in [0.29, 0.717) is 16.9 Å². The molecule has 4 N–H and O–H groups in total. The van der Waals surface area contributed by atoms with E-state index in [2.05, 4.69) is 44.4 Å². The van der Waals surface area contributed by atoms with E-state index in [-0.39, 0.29) is 21.5 Å². The minimum Gasteiger partial charge on any atom is -0.507 e. The van der Waals surface area contributed by atoms with Gasteiger partial charge >= 0.3 is 0 Å². The van der Waals surface area contributed by atoms with Gasteiger partial charge in [0, 0.05) is 39.8 Å². The standard InChI is InChI=1S/C44H52N2O4S/c1-26-12-14-31(15-13-26)40(32-16-18-33(19-17-32)46-41-28(3)22-27(2)29(4)30(41)5)36-21-20-34(25-39(36)51(48,49)50)45-35-23-37(43(6,7)8)42(47)38(24-35)44(9,10)11/h12-25,40,45-47H,1-11H3,(H,48,49,50). The maximum absolute atomic E-state index is 13.2. The highest BCUT2D eigenvalue weighted by Gasteiger charge is 2.28. The predicted molar refractivity (Wildman–Crippen MR) is 212 cm³/mol. The fraction of sp³-hybridized carbons (Fsp3) is 0.318. The fourth-order valence-electron chi connectivity index (χ4n) is 6.78. The largest absolute Gasteiger partial charge is 0.507 e. The molecule has 0 aliphatic rings. The van der Waals surface area contributed by atoms with Gasteiger partial charge in [-0.15, -0.1) is 0 Å². The highest BCUT2D eigenvalue weighted by Crippen LogP contribution is 2.43. The monoisotopic (exact) mass is 704 g/mol. The highest BCUT2D eigenvalue weighted by molar-refractivity contribution is 7.85. The summed E-state index contributed by atoms with van der Waals surface area (Å²) in [5.74, 6) is -0.222. The molecule has 5 aromatic carbocycles. The lowest BCUT2D eigenvalue weighted by atomic mass is 9.79. The molecule has 0 aromatic heterocycles. The molecule has 1 atom stereocenters. The second-order valence-corrected chi connectivity index (χ2v) is 17.4. The van der Waals surface area contributed by atoms with E-state index < -0.39 is 16.0 Å². The molecule has 0 radical (unpaired) electrons. The van der Waals surface area contributed by atoms with Gasteiger partial charge in [0.15, 0.2) is 0 Å². The lowest BCUT2D eigenvalue weighted by Crippen LogP contribution is -2.17. The van der Waals surface area contributed by atoms with Crippen LogP contribution < -0.4 is 10.6 Å². The first kappa shape index (κ1) is 37.7. The van der Waals surface area contributed by atoms with Gasteiger partial charge in [-0.25, -0.2) is 0 Å². The lowest BCUT2D eigenvalue weighted by Gasteiger charge is -2.28. The zero-order valence-electron chi connectivity index (χ0n) is 31.8. The van der Waals surface area contributed by atoms with E-state index in [1.807, 2.05) is 115 Å². The van der Waals surface area contributed by atoms with Crippen molar-refractivity contribution >= 4 is 32.9 Å². The Hall–Kier alpha value is -4.59. The zero-order valence-corrected chi connectivity index (χ0v) is 32.6. The normalized spacial score (nSPS) is 12.9. The van der Waals surface area contributed by atoms with Crippen molar-refractivity contribution in [2.75, 3.05) is 10.6 Å². The van der Waals surface area contributed by atoms with Gasteiger partial charge in [-0.05, 0) is 121 Å². The van der Waals surface area contributed by atoms with Crippen molar-refractivity contribution in [1.82, 2.24) is 0 Å². The quantitative estimate of drug-likeness (QED) is 0.0729. The number of benzene rings is 5. The molecule has 5 aromatic rings. The topological polar surface area (TPSA) is 98.7 Å². The summed E-state index contributed by atoms with van der Waals surface area (Å²) < 4.78 is 37.0. The summed E-state index contributed by atoms with van der Waals surface area (Å²) in [6.07, 6.45) is 0. The minimum absolute atomic E-state index is 0.174. The number of hydrogen-bond donors (Lipinski definition) is 4. The second kappa shape index (κ2) is 13.9. The van der Waals surface area contributed by atoms with Crippen molar-refractivity contribution in [1.29, 1.82) is 0 Å². The third kappa shape index (κ3) is 8.16. The van der Waals surface area contributed by atoms with E-state index >= 15 is 0 Å². The van der Waals surface area contributed by atoms with Crippen molar-refractivity contribution in [3.05, 3.63) is 141 Å². The van der Waals surface area contributed by atoms with Crippen LogP contribution in [0.2, 0.25) is 0 Å². The first-order valence-electron chi connectivity index (χ1n) is 17.4. The summed E-state index contributed by atoms with van der Waals surface area (Å²) in [6, 6.07) is 27.2. The van der Waals surface area contributed by atoms with E-state index in [1.54, 1.807) is 6.07 Å². The average Bonchev–Trinajstić information content (AvgIpc) is 3.03. The minimum atomic E-state index is -4.65. The van der Waals surface area contributed by atoms with Crippen molar-refractivity contribution in [2.24, 2.45) is 0 Å². The van der Waals surface area contributed by atoms with E-state index in [9.17, 15) is 18.1 Å². The molecule has 0 bridgehead atoms. The summed E-state index contributed by atoms with van der Waals surface area (Å²) in [5, 5.41) is 18.2. The molecule has 0 spiro atoms. The van der Waals surface area contributed by atoms with Crippen LogP contribution in [0, 0.1) is 34.6 Å². The SMILES string of the molecule is Cc1ccc(C(c2ccc(Nc3c(C)cc(C)c(C)c3C)cc2)c2ccc(Nc3cc(C(C)(C)C)c(O)c(C(C)(C)C)c3)cc2S(=O)(=O)O)cc1. The number of anilines is 4. The second-order valence-electron chi connectivity index (χ2n) is 16.0. The maximum atomic E-state index is 13.2. The van der Waals surface area contributed by atoms with Gasteiger partial charge in [0.25, 0.3) is 10.1 Å². The van der Waals surface area contributed by atoms with Crippen LogP contribution in [-0.4, -0.2) is 18.1 Å². The molecule has 51 heavy (non-hydrogen) atoms. The Labute approximate surface area is 304 Å². The third-order valence-corrected chi connectivity index (χ3v) is 10.8. The van der Waals surface area contributed by atoms with E-state index in [0.717, 1.165) is 39.2 Å². The highest BCUT2D eigenvalue weighted by atomic mass is 32.2. The Balaban J connectivity index is 1.60. The van der Waals surface area contributed by atoms with Crippen LogP contribution in [0.15, 0.2) is 89.8 Å². The summed E-state index contributed by atoms with van der Waals surface area (Å²) in [6.45, 7) is 22.8. The lowest BCUT2D eigenvalue weighted by molar-refractivity contribution is 0.423. The van der Waals surface area contributed by atoms with Gasteiger partial charge < -0.3 is 15.7 Å². The predicted octanol–water partition coefficient (Wildman–Crippen LogP) is 11.4. The number of aryl methyl sites for hydroxylation is 3. The van der Waals surface area contributed by atoms with Crippen LogP contribution in [0.1, 0.15) is 103 Å². The van der Waals surface area contributed by atoms with Crippen LogP contribution in [0.4, 0.5) is 22.7 Å². The Bertz CT molecular complexity index is 2150. The van der Waals surface area contributed by atoms with E-state index in [4.69, 9.17) is 0 Å². The third-order valence-electron chi connectivity index (χ3n) is 9.90.